The lowest BCUT2D eigenvalue weighted by atomic mass is 9.98. The normalized spacial score (nSPS) is 11.6. The number of para-hydroxylation sites is 3. The molecule has 0 saturated carbocycles. The number of furan rings is 1. The van der Waals surface area contributed by atoms with Gasteiger partial charge in [-0.2, -0.15) is 0 Å². The minimum atomic E-state index is 0.576. The van der Waals surface area contributed by atoms with E-state index in [1.807, 2.05) is 66.7 Å². The number of benzene rings is 7. The fraction of sp³-hybridized carbons (Fsp3) is 0. The van der Waals surface area contributed by atoms with Crippen LogP contribution in [0, 0.1) is 13.1 Å². The van der Waals surface area contributed by atoms with Gasteiger partial charge < -0.3 is 13.6 Å². The van der Waals surface area contributed by atoms with Gasteiger partial charge in [0.2, 0.25) is 0 Å². The monoisotopic (exact) mass is 624 g/mol. The molecule has 0 N–H and O–H groups in total. The Morgan fingerprint density at radius 1 is 0.490 bits per heavy atom. The van der Waals surface area contributed by atoms with Gasteiger partial charge in [0.05, 0.1) is 35.2 Å². The molecule has 226 valence electrons. The second kappa shape index (κ2) is 10.2. The fourth-order valence-corrected chi connectivity index (χ4v) is 7.68. The van der Waals surface area contributed by atoms with Crippen LogP contribution in [-0.2, 0) is 0 Å². The van der Waals surface area contributed by atoms with Gasteiger partial charge in [-0.15, -0.1) is 0 Å². The van der Waals surface area contributed by atoms with Crippen LogP contribution in [0.2, 0.25) is 0 Å². The van der Waals surface area contributed by atoms with E-state index >= 15 is 0 Å². The van der Waals surface area contributed by atoms with E-state index in [-0.39, 0.29) is 0 Å². The Bertz CT molecular complexity index is 3070. The van der Waals surface area contributed by atoms with E-state index < -0.39 is 0 Å². The van der Waals surface area contributed by atoms with Gasteiger partial charge in [0.15, 0.2) is 17.0 Å². The van der Waals surface area contributed by atoms with Gasteiger partial charge in [-0.05, 0) is 71.6 Å². The SMILES string of the molecule is [C-]#[N+]c1ccc2c(c1)c1ccccc1n2-c1cccc([N+]#[C-])c1-c1ccc2c(c1)c1ccc3c4ccccc4oc3c1n2-c1ccccc1. The van der Waals surface area contributed by atoms with Crippen molar-refractivity contribution >= 4 is 76.9 Å². The zero-order valence-corrected chi connectivity index (χ0v) is 26.1. The van der Waals surface area contributed by atoms with E-state index in [1.54, 1.807) is 0 Å². The van der Waals surface area contributed by atoms with Crippen LogP contribution in [0.3, 0.4) is 0 Å². The Kier molecular flexibility index (Phi) is 5.64. The highest BCUT2D eigenvalue weighted by Crippen LogP contribution is 2.45. The first kappa shape index (κ1) is 27.1. The number of hydrogen-bond acceptors (Lipinski definition) is 1. The average molecular weight is 625 g/mol. The topological polar surface area (TPSA) is 31.7 Å². The molecule has 0 spiro atoms. The summed E-state index contributed by atoms with van der Waals surface area (Å²) in [5, 5.41) is 6.41. The quantitative estimate of drug-likeness (QED) is 0.180. The van der Waals surface area contributed by atoms with Crippen molar-refractivity contribution in [2.75, 3.05) is 0 Å². The molecule has 0 aliphatic heterocycles. The summed E-state index contributed by atoms with van der Waals surface area (Å²) in [6.07, 6.45) is 0. The molecule has 0 amide bonds. The smallest absolute Gasteiger partial charge is 0.196 e. The maximum atomic E-state index is 8.25. The van der Waals surface area contributed by atoms with Gasteiger partial charge in [-0.25, -0.2) is 9.69 Å². The molecule has 0 bridgehead atoms. The van der Waals surface area contributed by atoms with Crippen molar-refractivity contribution in [3.05, 3.63) is 168 Å². The van der Waals surface area contributed by atoms with E-state index in [2.05, 4.69) is 97.7 Å². The second-order valence-electron chi connectivity index (χ2n) is 12.3. The minimum absolute atomic E-state index is 0.576. The van der Waals surface area contributed by atoms with Gasteiger partial charge in [-0.1, -0.05) is 84.9 Å². The second-order valence-corrected chi connectivity index (χ2v) is 12.3. The van der Waals surface area contributed by atoms with Crippen molar-refractivity contribution in [3.63, 3.8) is 0 Å². The highest BCUT2D eigenvalue weighted by molar-refractivity contribution is 6.22. The molecule has 0 radical (unpaired) electrons. The average Bonchev–Trinajstić information content (AvgIpc) is 3.82. The molecule has 5 heteroatoms. The molecule has 49 heavy (non-hydrogen) atoms. The first-order chi connectivity index (χ1) is 24.2. The van der Waals surface area contributed by atoms with Crippen LogP contribution in [0.25, 0.3) is 97.7 Å². The summed E-state index contributed by atoms with van der Waals surface area (Å²) in [5.74, 6) is 0. The highest BCUT2D eigenvalue weighted by atomic mass is 16.3. The van der Waals surface area contributed by atoms with Crippen molar-refractivity contribution in [2.45, 2.75) is 0 Å². The number of fused-ring (bicyclic) bond motifs is 10. The van der Waals surface area contributed by atoms with E-state index in [0.717, 1.165) is 88.1 Å². The van der Waals surface area contributed by atoms with Gasteiger partial charge >= 0.3 is 0 Å². The molecule has 0 aliphatic rings. The third kappa shape index (κ3) is 3.79. The third-order valence-electron chi connectivity index (χ3n) is 9.74. The molecule has 10 rings (SSSR count). The molecular weight excluding hydrogens is 601 g/mol. The molecule has 0 fully saturated rings. The first-order valence-electron chi connectivity index (χ1n) is 16.1. The Hall–Kier alpha value is -7.08. The number of aromatic nitrogens is 2. The van der Waals surface area contributed by atoms with Crippen molar-refractivity contribution in [3.8, 4) is 22.5 Å². The van der Waals surface area contributed by atoms with Gasteiger partial charge in [0.25, 0.3) is 0 Å². The fourth-order valence-electron chi connectivity index (χ4n) is 7.68. The van der Waals surface area contributed by atoms with Crippen LogP contribution >= 0.6 is 0 Å². The van der Waals surface area contributed by atoms with Gasteiger partial charge in [0.1, 0.15) is 5.58 Å². The summed E-state index contributed by atoms with van der Waals surface area (Å²) in [7, 11) is 0. The van der Waals surface area contributed by atoms with Crippen LogP contribution in [0.5, 0.6) is 0 Å². The van der Waals surface area contributed by atoms with E-state index in [9.17, 15) is 0 Å². The minimum Gasteiger partial charge on any atom is -0.454 e. The number of rotatable bonds is 3. The molecular formula is C44H24N4O. The number of nitrogens with zero attached hydrogens (tertiary/aromatic N) is 4. The summed E-state index contributed by atoms with van der Waals surface area (Å²) in [5.41, 5.74) is 10.8. The standard InChI is InChI=1S/C44H24N4O/c1-45-28-20-24-39-35(26-28)30-13-6-8-16-37(30)48(39)40-17-10-15-36(46-2)42(40)27-19-23-38-34(25-27)32-21-22-33-31-14-7-9-18-41(31)49-44(33)43(32)47(38)29-11-4-3-5-12-29/h3-26H. The van der Waals surface area contributed by atoms with Crippen LogP contribution in [-0.4, -0.2) is 9.13 Å². The molecule has 0 unspecified atom stereocenters. The Balaban J connectivity index is 1.31. The summed E-state index contributed by atoms with van der Waals surface area (Å²) in [6, 6.07) is 49.6. The van der Waals surface area contributed by atoms with E-state index in [4.69, 9.17) is 17.6 Å². The van der Waals surface area contributed by atoms with E-state index in [0.29, 0.717) is 11.4 Å². The maximum absolute atomic E-state index is 8.25. The van der Waals surface area contributed by atoms with Gasteiger partial charge in [0, 0.05) is 43.9 Å². The van der Waals surface area contributed by atoms with Crippen molar-refractivity contribution in [1.29, 1.82) is 0 Å². The molecule has 3 aromatic heterocycles. The lowest BCUT2D eigenvalue weighted by molar-refractivity contribution is 0.671. The summed E-state index contributed by atoms with van der Waals surface area (Å²) in [6.45, 7) is 15.9. The summed E-state index contributed by atoms with van der Waals surface area (Å²) < 4.78 is 11.1. The zero-order valence-electron chi connectivity index (χ0n) is 26.1. The van der Waals surface area contributed by atoms with Crippen LogP contribution in [0.1, 0.15) is 0 Å². The van der Waals surface area contributed by atoms with Crippen LogP contribution in [0.4, 0.5) is 11.4 Å². The molecule has 0 saturated heterocycles. The van der Waals surface area contributed by atoms with E-state index in [1.165, 1.54) is 0 Å². The molecule has 10 aromatic rings. The van der Waals surface area contributed by atoms with Crippen LogP contribution in [0.15, 0.2) is 150 Å². The predicted octanol–water partition coefficient (Wildman–Crippen LogP) is 12.5. The zero-order chi connectivity index (χ0) is 32.6. The summed E-state index contributed by atoms with van der Waals surface area (Å²) in [4.78, 5) is 7.75. The largest absolute Gasteiger partial charge is 0.454 e. The third-order valence-corrected chi connectivity index (χ3v) is 9.74. The molecule has 0 aliphatic carbocycles. The van der Waals surface area contributed by atoms with Gasteiger partial charge in [-0.3, -0.25) is 0 Å². The van der Waals surface area contributed by atoms with Crippen molar-refractivity contribution < 1.29 is 4.42 Å². The lowest BCUT2D eigenvalue weighted by Gasteiger charge is -2.16. The molecule has 3 heterocycles. The lowest BCUT2D eigenvalue weighted by Crippen LogP contribution is -1.97. The van der Waals surface area contributed by atoms with Crippen molar-refractivity contribution in [2.24, 2.45) is 0 Å². The Morgan fingerprint density at radius 2 is 1.20 bits per heavy atom. The summed E-state index contributed by atoms with van der Waals surface area (Å²) >= 11 is 0. The van der Waals surface area contributed by atoms with Crippen LogP contribution < -0.4 is 0 Å². The Labute approximate surface area is 280 Å². The maximum Gasteiger partial charge on any atom is 0.196 e. The molecule has 0 atom stereocenters. The van der Waals surface area contributed by atoms with Crippen molar-refractivity contribution in [1.82, 2.24) is 9.13 Å². The first-order valence-corrected chi connectivity index (χ1v) is 16.1. The number of hydrogen-bond donors (Lipinski definition) is 0. The molecule has 7 aromatic carbocycles. The molecule has 5 nitrogen and oxygen atoms in total. The predicted molar refractivity (Wildman–Crippen MR) is 200 cm³/mol. The Morgan fingerprint density at radius 3 is 2.06 bits per heavy atom. The highest BCUT2D eigenvalue weighted by Gasteiger charge is 2.22.